The molecule has 0 spiro atoms. The molecule has 3 rings (SSSR count). The molecule has 0 fully saturated rings. The maximum atomic E-state index is 13.4. The van der Waals surface area contributed by atoms with Crippen LogP contribution in [0.3, 0.4) is 0 Å². The van der Waals surface area contributed by atoms with Crippen LogP contribution in [0.15, 0.2) is 91.0 Å². The van der Waals surface area contributed by atoms with Gasteiger partial charge in [0.15, 0.2) is 6.19 Å². The predicted molar refractivity (Wildman–Crippen MR) is 134 cm³/mol. The molecule has 0 unspecified atom stereocenters. The third kappa shape index (κ3) is 8.20. The second-order valence-electron chi connectivity index (χ2n) is 8.12. The van der Waals surface area contributed by atoms with Gasteiger partial charge in [0.25, 0.3) is 5.91 Å². The molecule has 35 heavy (non-hydrogen) atoms. The fraction of sp³-hybridized carbons (Fsp3) is 0.250. The zero-order valence-electron chi connectivity index (χ0n) is 19.8. The summed E-state index contributed by atoms with van der Waals surface area (Å²) in [6, 6.07) is 27.8. The Morgan fingerprint density at radius 1 is 0.886 bits per heavy atom. The Bertz CT molecular complexity index is 1100. The van der Waals surface area contributed by atoms with Gasteiger partial charge in [-0.2, -0.15) is 5.26 Å². The molecule has 0 bridgehead atoms. The Kier molecular flexibility index (Phi) is 9.70. The number of carbonyl (C=O) groups excluding carboxylic acids is 2. The standard InChI is InChI=1S/C28H30N4O3/c1-31(32(22-29)19-11-18-23-12-5-2-6-13-23)27(33)26(20-24-14-7-3-8-15-24)30-28(34)35-21-25-16-9-4-10-17-25/h2-10,12-17,26H,11,18-21H2,1H3,(H,30,34)/t26-/m0/s1. The van der Waals surface area contributed by atoms with E-state index in [1.54, 1.807) is 7.05 Å². The first kappa shape index (κ1) is 25.3. The van der Waals surface area contributed by atoms with Gasteiger partial charge in [0.2, 0.25) is 0 Å². The van der Waals surface area contributed by atoms with Crippen molar-refractivity contribution in [3.05, 3.63) is 108 Å². The van der Waals surface area contributed by atoms with Gasteiger partial charge in [-0.05, 0) is 29.5 Å². The lowest BCUT2D eigenvalue weighted by molar-refractivity contribution is -0.143. The molecule has 1 atom stereocenters. The highest BCUT2D eigenvalue weighted by Gasteiger charge is 2.28. The molecule has 1 N–H and O–H groups in total. The highest BCUT2D eigenvalue weighted by Crippen LogP contribution is 2.10. The zero-order valence-corrected chi connectivity index (χ0v) is 19.8. The van der Waals surface area contributed by atoms with Crippen molar-refractivity contribution in [1.82, 2.24) is 15.3 Å². The number of nitrogens with one attached hydrogen (secondary N) is 1. The minimum atomic E-state index is -0.893. The Hall–Kier alpha value is -4.31. The van der Waals surface area contributed by atoms with Crippen molar-refractivity contribution in [2.24, 2.45) is 0 Å². The van der Waals surface area contributed by atoms with Gasteiger partial charge in [0, 0.05) is 13.5 Å². The maximum Gasteiger partial charge on any atom is 0.408 e. The Balaban J connectivity index is 1.63. The highest BCUT2D eigenvalue weighted by atomic mass is 16.5. The molecule has 0 saturated carbocycles. The van der Waals surface area contributed by atoms with Gasteiger partial charge in [0.05, 0.1) is 6.54 Å². The van der Waals surface area contributed by atoms with E-state index in [4.69, 9.17) is 4.74 Å². The van der Waals surface area contributed by atoms with E-state index in [1.807, 2.05) is 91.0 Å². The number of amides is 2. The maximum absolute atomic E-state index is 13.4. The van der Waals surface area contributed by atoms with Crippen LogP contribution in [0.5, 0.6) is 0 Å². The molecule has 2 amide bonds. The van der Waals surface area contributed by atoms with Crippen LogP contribution in [0.1, 0.15) is 23.1 Å². The summed E-state index contributed by atoms with van der Waals surface area (Å²) in [6.07, 6.45) is 3.15. The fourth-order valence-electron chi connectivity index (χ4n) is 3.65. The van der Waals surface area contributed by atoms with Gasteiger partial charge < -0.3 is 10.1 Å². The topological polar surface area (TPSA) is 85.7 Å². The van der Waals surface area contributed by atoms with E-state index in [2.05, 4.69) is 11.5 Å². The van der Waals surface area contributed by atoms with Gasteiger partial charge in [0.1, 0.15) is 12.6 Å². The van der Waals surface area contributed by atoms with Crippen molar-refractivity contribution in [3.8, 4) is 6.19 Å². The Morgan fingerprint density at radius 3 is 2.00 bits per heavy atom. The number of alkyl carbamates (subject to hydrolysis) is 1. The van der Waals surface area contributed by atoms with E-state index in [0.717, 1.165) is 17.5 Å². The van der Waals surface area contributed by atoms with E-state index in [1.165, 1.54) is 15.6 Å². The molecule has 180 valence electrons. The molecule has 7 heteroatoms. The molecule has 0 aliphatic rings. The molecule has 0 saturated heterocycles. The summed E-state index contributed by atoms with van der Waals surface area (Å²) in [6.45, 7) is 0.475. The normalized spacial score (nSPS) is 11.1. The van der Waals surface area contributed by atoms with Gasteiger partial charge >= 0.3 is 6.09 Å². The van der Waals surface area contributed by atoms with Crippen molar-refractivity contribution in [2.45, 2.75) is 31.9 Å². The largest absolute Gasteiger partial charge is 0.445 e. The van der Waals surface area contributed by atoms with Crippen molar-refractivity contribution >= 4 is 12.0 Å². The molecule has 0 radical (unpaired) electrons. The van der Waals surface area contributed by atoms with E-state index in [-0.39, 0.29) is 13.0 Å². The first-order valence-corrected chi connectivity index (χ1v) is 11.6. The summed E-state index contributed by atoms with van der Waals surface area (Å²) in [5.74, 6) is -0.397. The number of ether oxygens (including phenoxy) is 1. The number of benzene rings is 3. The first-order chi connectivity index (χ1) is 17.1. The molecule has 3 aromatic carbocycles. The highest BCUT2D eigenvalue weighted by molar-refractivity contribution is 5.85. The van der Waals surface area contributed by atoms with Crippen LogP contribution in [0.4, 0.5) is 4.79 Å². The van der Waals surface area contributed by atoms with Crippen LogP contribution < -0.4 is 5.32 Å². The summed E-state index contributed by atoms with van der Waals surface area (Å²) >= 11 is 0. The molecule has 0 aliphatic heterocycles. The summed E-state index contributed by atoms with van der Waals surface area (Å²) in [7, 11) is 1.54. The smallest absolute Gasteiger partial charge is 0.408 e. The number of nitrogens with zero attached hydrogens (tertiary/aromatic N) is 3. The second kappa shape index (κ2) is 13.4. The summed E-state index contributed by atoms with van der Waals surface area (Å²) < 4.78 is 5.33. The summed E-state index contributed by atoms with van der Waals surface area (Å²) in [4.78, 5) is 25.9. The quantitative estimate of drug-likeness (QED) is 0.256. The van der Waals surface area contributed by atoms with Crippen molar-refractivity contribution in [2.75, 3.05) is 13.6 Å². The molecule has 3 aromatic rings. The number of hydrazine groups is 1. The van der Waals surface area contributed by atoms with Crippen molar-refractivity contribution in [1.29, 1.82) is 5.26 Å². The molecule has 0 heterocycles. The molecular formula is C28H30N4O3. The monoisotopic (exact) mass is 470 g/mol. The average Bonchev–Trinajstić information content (AvgIpc) is 2.90. The molecule has 0 aromatic heterocycles. The number of likely N-dealkylation sites (N-methyl/N-ethyl adjacent to an activating group) is 1. The lowest BCUT2D eigenvalue weighted by Gasteiger charge is -2.30. The van der Waals surface area contributed by atoms with E-state index in [9.17, 15) is 14.9 Å². The van der Waals surface area contributed by atoms with Crippen LogP contribution in [0, 0.1) is 11.5 Å². The van der Waals surface area contributed by atoms with Crippen molar-refractivity contribution < 1.29 is 14.3 Å². The fourth-order valence-corrected chi connectivity index (χ4v) is 3.65. The zero-order chi connectivity index (χ0) is 24.9. The average molecular weight is 471 g/mol. The Morgan fingerprint density at radius 2 is 1.43 bits per heavy atom. The van der Waals surface area contributed by atoms with Crippen LogP contribution >= 0.6 is 0 Å². The molecule has 0 aliphatic carbocycles. The van der Waals surface area contributed by atoms with Crippen LogP contribution in [-0.4, -0.2) is 41.7 Å². The predicted octanol–water partition coefficient (Wildman–Crippen LogP) is 4.31. The number of hydrogen-bond acceptors (Lipinski definition) is 5. The lowest BCUT2D eigenvalue weighted by Crippen LogP contribution is -2.53. The minimum absolute atomic E-state index is 0.0958. The van der Waals surface area contributed by atoms with E-state index < -0.39 is 18.0 Å². The number of carbonyl (C=O) groups is 2. The van der Waals surface area contributed by atoms with Gasteiger partial charge in [-0.25, -0.2) is 14.8 Å². The van der Waals surface area contributed by atoms with Crippen LogP contribution in [0.2, 0.25) is 0 Å². The van der Waals surface area contributed by atoms with Gasteiger partial charge in [-0.1, -0.05) is 91.0 Å². The number of hydrogen-bond donors (Lipinski definition) is 1. The first-order valence-electron chi connectivity index (χ1n) is 11.6. The van der Waals surface area contributed by atoms with Crippen molar-refractivity contribution in [3.63, 3.8) is 0 Å². The molecule has 7 nitrogen and oxygen atoms in total. The molecular weight excluding hydrogens is 440 g/mol. The Labute approximate surface area is 206 Å². The number of nitriles is 1. The third-order valence-electron chi connectivity index (χ3n) is 5.56. The van der Waals surface area contributed by atoms with Crippen LogP contribution in [-0.2, 0) is 29.0 Å². The lowest BCUT2D eigenvalue weighted by atomic mass is 10.1. The van der Waals surface area contributed by atoms with E-state index >= 15 is 0 Å². The van der Waals surface area contributed by atoms with Gasteiger partial charge in [-0.15, -0.1) is 0 Å². The second-order valence-corrected chi connectivity index (χ2v) is 8.12. The van der Waals surface area contributed by atoms with E-state index in [0.29, 0.717) is 13.0 Å². The number of rotatable bonds is 11. The SMILES string of the molecule is CN(C(=O)[C@H](Cc1ccccc1)NC(=O)OCc1ccccc1)N(C#N)CCCc1ccccc1. The summed E-state index contributed by atoms with van der Waals surface area (Å²) in [5, 5.41) is 15.0. The van der Waals surface area contributed by atoms with Gasteiger partial charge in [-0.3, -0.25) is 4.79 Å². The summed E-state index contributed by atoms with van der Waals surface area (Å²) in [5.41, 5.74) is 2.90. The number of aryl methyl sites for hydroxylation is 1. The third-order valence-corrected chi connectivity index (χ3v) is 5.56. The van der Waals surface area contributed by atoms with Crippen LogP contribution in [0.25, 0.3) is 0 Å². The minimum Gasteiger partial charge on any atom is -0.445 e.